The number of aromatic nitrogens is 2. The number of carboxylic acids is 1. The highest BCUT2D eigenvalue weighted by Crippen LogP contribution is 2.34. The highest BCUT2D eigenvalue weighted by atomic mass is 19.1. The normalized spacial score (nSPS) is 20.2. The van der Waals surface area contributed by atoms with Gasteiger partial charge < -0.3 is 10.0 Å². The first kappa shape index (κ1) is 19.6. The van der Waals surface area contributed by atoms with Gasteiger partial charge in [0.15, 0.2) is 0 Å². The second kappa shape index (κ2) is 8.35. The topological polar surface area (TPSA) is 86.3 Å². The lowest BCUT2D eigenvalue weighted by Gasteiger charge is -2.23. The van der Waals surface area contributed by atoms with Crippen LogP contribution < -0.4 is 0 Å². The molecule has 2 aromatic rings. The van der Waals surface area contributed by atoms with Gasteiger partial charge in [-0.05, 0) is 49.3 Å². The van der Waals surface area contributed by atoms with E-state index in [2.05, 4.69) is 10.2 Å². The zero-order valence-corrected chi connectivity index (χ0v) is 16.4. The van der Waals surface area contributed by atoms with Gasteiger partial charge in [-0.2, -0.15) is 5.10 Å². The molecule has 2 heterocycles. The van der Waals surface area contributed by atoms with Crippen LogP contribution in [0.25, 0.3) is 0 Å². The fraction of sp³-hybridized carbons (Fsp3) is 0.500. The van der Waals surface area contributed by atoms with Crippen LogP contribution in [0.2, 0.25) is 0 Å². The van der Waals surface area contributed by atoms with Crippen LogP contribution in [0.5, 0.6) is 0 Å². The molecule has 1 saturated carbocycles. The van der Waals surface area contributed by atoms with Crippen LogP contribution in [-0.4, -0.2) is 45.2 Å². The number of carboxylic acid groups (broad SMARTS) is 1. The fourth-order valence-electron chi connectivity index (χ4n) is 4.72. The molecular formula is C22H26FN3O3. The standard InChI is InChI=1S/C22H26FN3O3/c23-19-7-6-14(11-17(19)22(28)29)10-15-8-9-26(13-15)21(27)18-12-24-25-20(18)16-4-2-1-3-5-16/h6-7,11-12,15-16H,1-5,8-10,13H2,(H,24,25)(H,28,29). The number of nitrogens with zero attached hydrogens (tertiary/aromatic N) is 2. The minimum Gasteiger partial charge on any atom is -0.478 e. The first-order valence-electron chi connectivity index (χ1n) is 10.4. The maximum atomic E-state index is 13.6. The monoisotopic (exact) mass is 399 g/mol. The van der Waals surface area contributed by atoms with Gasteiger partial charge in [0.05, 0.1) is 23.0 Å². The molecule has 154 valence electrons. The third kappa shape index (κ3) is 4.18. The number of carbonyl (C=O) groups is 2. The average Bonchev–Trinajstić information content (AvgIpc) is 3.39. The number of H-pyrrole nitrogens is 1. The molecule has 1 amide bonds. The largest absolute Gasteiger partial charge is 0.478 e. The maximum Gasteiger partial charge on any atom is 0.338 e. The molecule has 1 saturated heterocycles. The van der Waals surface area contributed by atoms with Crippen LogP contribution in [0, 0.1) is 11.7 Å². The quantitative estimate of drug-likeness (QED) is 0.796. The molecule has 7 heteroatoms. The van der Waals surface area contributed by atoms with Crippen LogP contribution in [0.3, 0.4) is 0 Å². The Morgan fingerprint density at radius 3 is 2.72 bits per heavy atom. The maximum absolute atomic E-state index is 13.6. The summed E-state index contributed by atoms with van der Waals surface area (Å²) >= 11 is 0. The molecule has 6 nitrogen and oxygen atoms in total. The van der Waals surface area contributed by atoms with Crippen molar-refractivity contribution in [2.75, 3.05) is 13.1 Å². The molecule has 2 fully saturated rings. The van der Waals surface area contributed by atoms with Gasteiger partial charge in [-0.1, -0.05) is 25.3 Å². The summed E-state index contributed by atoms with van der Waals surface area (Å²) in [5.74, 6) is -1.34. The van der Waals surface area contributed by atoms with Crippen molar-refractivity contribution < 1.29 is 19.1 Å². The number of aromatic carboxylic acids is 1. The van der Waals surface area contributed by atoms with Crippen molar-refractivity contribution in [3.63, 3.8) is 0 Å². The Bertz CT molecular complexity index is 904. The summed E-state index contributed by atoms with van der Waals surface area (Å²) in [6.45, 7) is 1.29. The van der Waals surface area contributed by atoms with E-state index in [1.165, 1.54) is 31.4 Å². The molecule has 0 spiro atoms. The molecule has 1 atom stereocenters. The third-order valence-corrected chi connectivity index (χ3v) is 6.27. The predicted molar refractivity (Wildman–Crippen MR) is 105 cm³/mol. The first-order valence-corrected chi connectivity index (χ1v) is 10.4. The van der Waals surface area contributed by atoms with Crippen molar-refractivity contribution in [1.29, 1.82) is 0 Å². The van der Waals surface area contributed by atoms with E-state index in [1.54, 1.807) is 12.3 Å². The molecule has 1 unspecified atom stereocenters. The summed E-state index contributed by atoms with van der Waals surface area (Å²) in [4.78, 5) is 26.1. The van der Waals surface area contributed by atoms with Crippen molar-refractivity contribution in [3.8, 4) is 0 Å². The highest BCUT2D eigenvalue weighted by Gasteiger charge is 2.31. The number of benzene rings is 1. The summed E-state index contributed by atoms with van der Waals surface area (Å²) in [5.41, 5.74) is 2.15. The number of amides is 1. The number of nitrogens with one attached hydrogen (secondary N) is 1. The predicted octanol–water partition coefficient (Wildman–Crippen LogP) is 4.00. The van der Waals surface area contributed by atoms with Gasteiger partial charge in [0.25, 0.3) is 5.91 Å². The Morgan fingerprint density at radius 1 is 1.17 bits per heavy atom. The first-order chi connectivity index (χ1) is 14.0. The summed E-state index contributed by atoms with van der Waals surface area (Å²) in [7, 11) is 0. The Hall–Kier alpha value is -2.70. The lowest BCUT2D eigenvalue weighted by Crippen LogP contribution is -2.30. The van der Waals surface area contributed by atoms with Crippen LogP contribution >= 0.6 is 0 Å². The molecule has 0 radical (unpaired) electrons. The zero-order chi connectivity index (χ0) is 20.4. The van der Waals surface area contributed by atoms with E-state index in [-0.39, 0.29) is 17.4 Å². The van der Waals surface area contributed by atoms with Gasteiger partial charge in [-0.3, -0.25) is 9.89 Å². The number of hydrogen-bond acceptors (Lipinski definition) is 3. The Kier molecular flexibility index (Phi) is 5.65. The van der Waals surface area contributed by atoms with E-state index >= 15 is 0 Å². The Labute approximate surface area is 169 Å². The van der Waals surface area contributed by atoms with E-state index in [1.807, 2.05) is 4.90 Å². The number of hydrogen-bond donors (Lipinski definition) is 2. The van der Waals surface area contributed by atoms with Crippen molar-refractivity contribution in [1.82, 2.24) is 15.1 Å². The number of carbonyl (C=O) groups excluding carboxylic acids is 1. The third-order valence-electron chi connectivity index (χ3n) is 6.27. The lowest BCUT2D eigenvalue weighted by molar-refractivity contribution is 0.0691. The molecular weight excluding hydrogens is 373 g/mol. The van der Waals surface area contributed by atoms with E-state index in [0.29, 0.717) is 31.0 Å². The molecule has 2 N–H and O–H groups in total. The Morgan fingerprint density at radius 2 is 1.97 bits per heavy atom. The van der Waals surface area contributed by atoms with Crippen LogP contribution in [-0.2, 0) is 6.42 Å². The zero-order valence-electron chi connectivity index (χ0n) is 16.4. The van der Waals surface area contributed by atoms with E-state index < -0.39 is 11.8 Å². The van der Waals surface area contributed by atoms with E-state index in [9.17, 15) is 14.0 Å². The molecule has 1 aromatic heterocycles. The second-order valence-electron chi connectivity index (χ2n) is 8.26. The van der Waals surface area contributed by atoms with Gasteiger partial charge in [0, 0.05) is 19.0 Å². The molecule has 2 aliphatic rings. The SMILES string of the molecule is O=C(O)c1cc(CC2CCN(C(=O)c3cn[nH]c3C3CCCCC3)C2)ccc1F. The van der Waals surface area contributed by atoms with Crippen molar-refractivity contribution >= 4 is 11.9 Å². The molecule has 29 heavy (non-hydrogen) atoms. The molecule has 1 aromatic carbocycles. The van der Waals surface area contributed by atoms with Crippen LogP contribution in [0.4, 0.5) is 4.39 Å². The Balaban J connectivity index is 1.41. The van der Waals surface area contributed by atoms with Crippen LogP contribution in [0.1, 0.15) is 76.4 Å². The molecule has 1 aliphatic carbocycles. The fourth-order valence-corrected chi connectivity index (χ4v) is 4.72. The van der Waals surface area contributed by atoms with Crippen molar-refractivity contribution in [2.24, 2.45) is 5.92 Å². The highest BCUT2D eigenvalue weighted by molar-refractivity contribution is 5.95. The van der Waals surface area contributed by atoms with E-state index in [4.69, 9.17) is 5.11 Å². The second-order valence-corrected chi connectivity index (χ2v) is 8.26. The van der Waals surface area contributed by atoms with Crippen molar-refractivity contribution in [2.45, 2.75) is 50.9 Å². The van der Waals surface area contributed by atoms with Gasteiger partial charge in [0.1, 0.15) is 5.82 Å². The van der Waals surface area contributed by atoms with Gasteiger partial charge in [-0.25, -0.2) is 9.18 Å². The van der Waals surface area contributed by atoms with Crippen molar-refractivity contribution in [3.05, 3.63) is 52.6 Å². The average molecular weight is 399 g/mol. The van der Waals surface area contributed by atoms with Gasteiger partial charge >= 0.3 is 5.97 Å². The number of halogens is 1. The van der Waals surface area contributed by atoms with E-state index in [0.717, 1.165) is 30.5 Å². The minimum absolute atomic E-state index is 0.0205. The summed E-state index contributed by atoms with van der Waals surface area (Å²) in [6, 6.07) is 4.24. The van der Waals surface area contributed by atoms with Gasteiger partial charge in [-0.15, -0.1) is 0 Å². The smallest absolute Gasteiger partial charge is 0.338 e. The van der Waals surface area contributed by atoms with Gasteiger partial charge in [0.2, 0.25) is 0 Å². The number of likely N-dealkylation sites (tertiary alicyclic amines) is 1. The minimum atomic E-state index is -1.26. The summed E-state index contributed by atoms with van der Waals surface area (Å²) in [5, 5.41) is 16.3. The summed E-state index contributed by atoms with van der Waals surface area (Å²) in [6.07, 6.45) is 8.97. The molecule has 1 aliphatic heterocycles. The molecule has 4 rings (SSSR count). The number of rotatable bonds is 5. The lowest BCUT2D eigenvalue weighted by atomic mass is 9.85. The molecule has 0 bridgehead atoms. The number of aromatic amines is 1. The van der Waals surface area contributed by atoms with Crippen LogP contribution in [0.15, 0.2) is 24.4 Å². The summed E-state index contributed by atoms with van der Waals surface area (Å²) < 4.78 is 13.6.